The molecule has 0 bridgehead atoms. The van der Waals surface area contributed by atoms with Gasteiger partial charge in [0, 0.05) is 5.39 Å². The van der Waals surface area contributed by atoms with Gasteiger partial charge in [-0.05, 0) is 12.1 Å². The molecule has 4 heteroatoms. The largest absolute Gasteiger partial charge is 0.356 e. The van der Waals surface area contributed by atoms with Gasteiger partial charge in [0.1, 0.15) is 5.69 Å². The smallest absolute Gasteiger partial charge is 0.167 e. The molecule has 0 aliphatic carbocycles. The van der Waals surface area contributed by atoms with E-state index in [4.69, 9.17) is 27.7 Å². The van der Waals surface area contributed by atoms with Crippen molar-refractivity contribution in [2.24, 2.45) is 0 Å². The van der Waals surface area contributed by atoms with E-state index >= 15 is 0 Å². The Morgan fingerprint density at radius 1 is 1.25 bits per heavy atom. The second-order valence-corrected chi connectivity index (χ2v) is 3.46. The van der Waals surface area contributed by atoms with Crippen molar-refractivity contribution in [1.29, 1.82) is 0 Å². The third-order valence-corrected chi connectivity index (χ3v) is 2.03. The summed E-state index contributed by atoms with van der Waals surface area (Å²) in [5.74, 6) is 0. The maximum atomic E-state index is 5.67. The highest BCUT2D eigenvalue weighted by molar-refractivity contribution is 6.44. The van der Waals surface area contributed by atoms with Gasteiger partial charge >= 0.3 is 0 Å². The highest BCUT2D eigenvalue weighted by Crippen LogP contribution is 2.29. The molecule has 0 N–H and O–H groups in total. The second kappa shape index (κ2) is 2.96. The lowest BCUT2D eigenvalue weighted by molar-refractivity contribution is 0.449. The van der Waals surface area contributed by atoms with Gasteiger partial charge in [-0.1, -0.05) is 40.5 Å². The molecule has 0 fully saturated rings. The van der Waals surface area contributed by atoms with Gasteiger partial charge in [-0.3, -0.25) is 0 Å². The van der Waals surface area contributed by atoms with E-state index in [1.807, 2.05) is 24.3 Å². The summed E-state index contributed by atoms with van der Waals surface area (Å²) in [4.78, 5) is -0.631. The van der Waals surface area contributed by atoms with Crippen LogP contribution in [0.25, 0.3) is 11.0 Å². The Labute approximate surface area is 79.0 Å². The molecule has 0 saturated carbocycles. The second-order valence-electron chi connectivity index (χ2n) is 2.36. The van der Waals surface area contributed by atoms with Crippen molar-refractivity contribution >= 4 is 34.2 Å². The summed E-state index contributed by atoms with van der Waals surface area (Å²) in [7, 11) is 0. The first-order valence-electron chi connectivity index (χ1n) is 3.41. The number of para-hydroxylation sites is 1. The van der Waals surface area contributed by atoms with Gasteiger partial charge in [-0.2, -0.15) is 0 Å². The van der Waals surface area contributed by atoms with Gasteiger partial charge in [0.2, 0.25) is 0 Å². The van der Waals surface area contributed by atoms with E-state index in [-0.39, 0.29) is 0 Å². The minimum Gasteiger partial charge on any atom is -0.356 e. The van der Waals surface area contributed by atoms with Crippen LogP contribution in [-0.2, 0) is 0 Å². The van der Waals surface area contributed by atoms with Crippen molar-refractivity contribution in [2.45, 2.75) is 4.84 Å². The van der Waals surface area contributed by atoms with Crippen LogP contribution in [0, 0.1) is 0 Å². The Kier molecular flexibility index (Phi) is 1.95. The lowest BCUT2D eigenvalue weighted by Crippen LogP contribution is -1.80. The average Bonchev–Trinajstić information content (AvgIpc) is 2.47. The van der Waals surface area contributed by atoms with Crippen LogP contribution in [0.5, 0.6) is 0 Å². The first kappa shape index (κ1) is 7.90. The Balaban J connectivity index is 2.70. The predicted octanol–water partition coefficient (Wildman–Crippen LogP) is 3.30. The lowest BCUT2D eigenvalue weighted by atomic mass is 10.2. The molecule has 0 saturated heterocycles. The number of halogens is 2. The Morgan fingerprint density at radius 3 is 2.75 bits per heavy atom. The fourth-order valence-corrected chi connectivity index (χ4v) is 1.38. The van der Waals surface area contributed by atoms with Gasteiger partial charge in [0.25, 0.3) is 0 Å². The highest BCUT2D eigenvalue weighted by atomic mass is 35.5. The molecule has 0 aliphatic rings. The van der Waals surface area contributed by atoms with Crippen LogP contribution in [0.1, 0.15) is 10.5 Å². The molecule has 1 aromatic carbocycles. The first-order chi connectivity index (χ1) is 5.79. The summed E-state index contributed by atoms with van der Waals surface area (Å²) in [6, 6.07) is 7.45. The van der Waals surface area contributed by atoms with Gasteiger partial charge < -0.3 is 4.52 Å². The van der Waals surface area contributed by atoms with Crippen LogP contribution in [0.15, 0.2) is 28.8 Å². The average molecular weight is 202 g/mol. The van der Waals surface area contributed by atoms with Crippen LogP contribution in [-0.4, -0.2) is 5.16 Å². The predicted molar refractivity (Wildman–Crippen MR) is 48.5 cm³/mol. The number of nitrogens with zero attached hydrogens (tertiary/aromatic N) is 1. The maximum absolute atomic E-state index is 5.67. The number of hydrogen-bond acceptors (Lipinski definition) is 2. The summed E-state index contributed by atoms with van der Waals surface area (Å²) >= 11 is 11.3. The number of alkyl halides is 2. The molecule has 62 valence electrons. The van der Waals surface area contributed by atoms with Crippen molar-refractivity contribution in [3.63, 3.8) is 0 Å². The molecule has 0 unspecified atom stereocenters. The van der Waals surface area contributed by atoms with Crippen molar-refractivity contribution in [1.82, 2.24) is 5.16 Å². The summed E-state index contributed by atoms with van der Waals surface area (Å²) < 4.78 is 4.99. The van der Waals surface area contributed by atoms with Crippen LogP contribution < -0.4 is 0 Å². The van der Waals surface area contributed by atoms with E-state index in [0.717, 1.165) is 5.39 Å². The van der Waals surface area contributed by atoms with Crippen molar-refractivity contribution in [3.05, 3.63) is 30.0 Å². The van der Waals surface area contributed by atoms with E-state index < -0.39 is 4.84 Å². The third-order valence-electron chi connectivity index (χ3n) is 1.61. The molecular formula is C8H5Cl2NO. The number of hydrogen-bond donors (Lipinski definition) is 0. The molecule has 0 aliphatic heterocycles. The highest BCUT2D eigenvalue weighted by Gasteiger charge is 2.13. The van der Waals surface area contributed by atoms with E-state index in [0.29, 0.717) is 11.3 Å². The molecule has 12 heavy (non-hydrogen) atoms. The molecule has 2 aromatic rings. The van der Waals surface area contributed by atoms with E-state index in [2.05, 4.69) is 5.16 Å². The zero-order valence-electron chi connectivity index (χ0n) is 6.00. The monoisotopic (exact) mass is 201 g/mol. The fourth-order valence-electron chi connectivity index (χ4n) is 1.06. The molecule has 0 atom stereocenters. The van der Waals surface area contributed by atoms with Crippen LogP contribution in [0.2, 0.25) is 0 Å². The van der Waals surface area contributed by atoms with E-state index in [1.54, 1.807) is 0 Å². The minimum absolute atomic E-state index is 0.578. The Morgan fingerprint density at radius 2 is 2.00 bits per heavy atom. The summed E-state index contributed by atoms with van der Waals surface area (Å²) in [6.07, 6.45) is 0. The van der Waals surface area contributed by atoms with Crippen molar-refractivity contribution < 1.29 is 4.52 Å². The molecule has 1 heterocycles. The Hall–Kier alpha value is -0.730. The van der Waals surface area contributed by atoms with Crippen LogP contribution in [0.4, 0.5) is 0 Å². The van der Waals surface area contributed by atoms with Crippen molar-refractivity contribution in [2.75, 3.05) is 0 Å². The number of fused-ring (bicyclic) bond motifs is 1. The summed E-state index contributed by atoms with van der Waals surface area (Å²) in [5.41, 5.74) is 1.28. The quantitative estimate of drug-likeness (QED) is 0.663. The number of aromatic nitrogens is 1. The minimum atomic E-state index is -0.631. The first-order valence-corrected chi connectivity index (χ1v) is 4.29. The van der Waals surface area contributed by atoms with Crippen LogP contribution in [0.3, 0.4) is 0 Å². The summed E-state index contributed by atoms with van der Waals surface area (Å²) in [6.45, 7) is 0. The fraction of sp³-hybridized carbons (Fsp3) is 0.125. The lowest BCUT2D eigenvalue weighted by Gasteiger charge is -1.92. The van der Waals surface area contributed by atoms with E-state index in [9.17, 15) is 0 Å². The standard InChI is InChI=1S/C8H5Cl2NO/c9-8(10)7-5-3-1-2-4-6(5)12-11-7/h1-4,8H. The molecular weight excluding hydrogens is 197 g/mol. The number of benzene rings is 1. The normalized spacial score (nSPS) is 11.2. The van der Waals surface area contributed by atoms with Crippen LogP contribution >= 0.6 is 23.2 Å². The molecule has 2 rings (SSSR count). The topological polar surface area (TPSA) is 26.0 Å². The zero-order chi connectivity index (χ0) is 8.55. The number of rotatable bonds is 1. The van der Waals surface area contributed by atoms with Crippen molar-refractivity contribution in [3.8, 4) is 0 Å². The molecule has 0 amide bonds. The van der Waals surface area contributed by atoms with Gasteiger partial charge in [0.05, 0.1) is 0 Å². The zero-order valence-corrected chi connectivity index (χ0v) is 7.51. The molecule has 0 radical (unpaired) electrons. The molecule has 2 nitrogen and oxygen atoms in total. The third kappa shape index (κ3) is 1.17. The molecule has 1 aromatic heterocycles. The van der Waals surface area contributed by atoms with E-state index in [1.165, 1.54) is 0 Å². The van der Waals surface area contributed by atoms with Gasteiger partial charge in [0.15, 0.2) is 10.4 Å². The Bertz CT molecular complexity index is 397. The SMILES string of the molecule is ClC(Cl)c1noc2ccccc12. The van der Waals surface area contributed by atoms with Gasteiger partial charge in [-0.15, -0.1) is 0 Å². The van der Waals surface area contributed by atoms with Gasteiger partial charge in [-0.25, -0.2) is 0 Å². The maximum Gasteiger partial charge on any atom is 0.167 e. The summed E-state index contributed by atoms with van der Waals surface area (Å²) in [5, 5.41) is 4.62. The molecule has 0 spiro atoms.